The zero-order valence-electron chi connectivity index (χ0n) is 14.2. The number of hydrogen-bond acceptors (Lipinski definition) is 3. The lowest BCUT2D eigenvalue weighted by Crippen LogP contribution is -2.41. The van der Waals surface area contributed by atoms with Gasteiger partial charge >= 0.3 is 5.97 Å². The molecule has 6 nitrogen and oxygen atoms in total. The number of carboxylic acid groups (broad SMARTS) is 1. The number of piperidine rings is 1. The van der Waals surface area contributed by atoms with E-state index in [4.69, 9.17) is 0 Å². The normalized spacial score (nSPS) is 18.3. The molecule has 0 aliphatic carbocycles. The summed E-state index contributed by atoms with van der Waals surface area (Å²) < 4.78 is 28.5. The van der Waals surface area contributed by atoms with Crippen molar-refractivity contribution in [1.29, 1.82) is 0 Å². The third-order valence-electron chi connectivity index (χ3n) is 4.75. The van der Waals surface area contributed by atoms with Gasteiger partial charge in [0.25, 0.3) is 0 Å². The maximum absolute atomic E-state index is 12.8. The first-order valence-electron chi connectivity index (χ1n) is 8.01. The van der Waals surface area contributed by atoms with Crippen LogP contribution in [-0.2, 0) is 16.6 Å². The van der Waals surface area contributed by atoms with Gasteiger partial charge in [0.05, 0.1) is 0 Å². The number of aryl methyl sites for hydroxylation is 1. The van der Waals surface area contributed by atoms with Gasteiger partial charge in [-0.1, -0.05) is 20.8 Å². The molecular formula is C16H26N2O4S. The summed E-state index contributed by atoms with van der Waals surface area (Å²) in [6, 6.07) is 1.26. The van der Waals surface area contributed by atoms with Crippen LogP contribution in [-0.4, -0.2) is 41.5 Å². The lowest BCUT2D eigenvalue weighted by atomic mass is 9.76. The van der Waals surface area contributed by atoms with Crippen LogP contribution >= 0.6 is 0 Å². The zero-order valence-corrected chi connectivity index (χ0v) is 15.1. The molecule has 23 heavy (non-hydrogen) atoms. The van der Waals surface area contributed by atoms with E-state index >= 15 is 0 Å². The predicted molar refractivity (Wildman–Crippen MR) is 88.0 cm³/mol. The molecule has 0 radical (unpaired) electrons. The Labute approximate surface area is 138 Å². The lowest BCUT2D eigenvalue weighted by Gasteiger charge is -2.38. The second-order valence-corrected chi connectivity index (χ2v) is 9.13. The molecule has 0 amide bonds. The van der Waals surface area contributed by atoms with Gasteiger partial charge in [-0.05, 0) is 37.2 Å². The summed E-state index contributed by atoms with van der Waals surface area (Å²) in [6.45, 7) is 9.74. The van der Waals surface area contributed by atoms with Crippen LogP contribution in [0.3, 0.4) is 0 Å². The van der Waals surface area contributed by atoms with Crippen molar-refractivity contribution in [3.63, 3.8) is 0 Å². The molecule has 1 aromatic rings. The smallest absolute Gasteiger partial charge is 0.352 e. The molecule has 0 spiro atoms. The summed E-state index contributed by atoms with van der Waals surface area (Å²) in [7, 11) is -3.63. The summed E-state index contributed by atoms with van der Waals surface area (Å²) in [5.41, 5.74) is 0.188. The molecule has 7 heteroatoms. The van der Waals surface area contributed by atoms with E-state index in [0.29, 0.717) is 25.6 Å². The number of aromatic nitrogens is 1. The monoisotopic (exact) mass is 342 g/mol. The highest BCUT2D eigenvalue weighted by atomic mass is 32.2. The van der Waals surface area contributed by atoms with Crippen molar-refractivity contribution in [2.75, 3.05) is 13.1 Å². The Kier molecular flexibility index (Phi) is 4.92. The Morgan fingerprint density at radius 3 is 2.26 bits per heavy atom. The lowest BCUT2D eigenvalue weighted by molar-refractivity contribution is 0.0685. The van der Waals surface area contributed by atoms with Gasteiger partial charge in [0.1, 0.15) is 10.6 Å². The molecule has 130 valence electrons. The van der Waals surface area contributed by atoms with Crippen LogP contribution in [0.5, 0.6) is 0 Å². The Morgan fingerprint density at radius 2 is 1.87 bits per heavy atom. The second kappa shape index (κ2) is 6.28. The van der Waals surface area contributed by atoms with Crippen molar-refractivity contribution in [3.8, 4) is 0 Å². The molecular weight excluding hydrogens is 316 g/mol. The molecule has 1 aliphatic heterocycles. The van der Waals surface area contributed by atoms with Gasteiger partial charge in [-0.25, -0.2) is 13.2 Å². The fourth-order valence-electron chi connectivity index (χ4n) is 3.18. The number of rotatable bonds is 4. The number of nitrogens with zero attached hydrogens (tertiary/aromatic N) is 2. The van der Waals surface area contributed by atoms with Crippen molar-refractivity contribution in [2.45, 2.75) is 52.0 Å². The minimum Gasteiger partial charge on any atom is -0.477 e. The second-order valence-electron chi connectivity index (χ2n) is 7.20. The molecule has 1 fully saturated rings. The average molecular weight is 342 g/mol. The van der Waals surface area contributed by atoms with Crippen LogP contribution < -0.4 is 0 Å². The first-order chi connectivity index (χ1) is 10.6. The van der Waals surface area contributed by atoms with E-state index < -0.39 is 16.0 Å². The van der Waals surface area contributed by atoms with E-state index in [0.717, 1.165) is 12.8 Å². The molecule has 1 N–H and O–H groups in total. The predicted octanol–water partition coefficient (Wildman–Crippen LogP) is 2.65. The highest BCUT2D eigenvalue weighted by Gasteiger charge is 2.34. The fourth-order valence-corrected chi connectivity index (χ4v) is 4.69. The molecule has 1 aromatic heterocycles. The molecule has 0 saturated carbocycles. The number of hydrogen-bond donors (Lipinski definition) is 1. The molecule has 1 aliphatic rings. The number of aromatic carboxylic acids is 1. The Balaban J connectivity index is 2.22. The van der Waals surface area contributed by atoms with E-state index in [9.17, 15) is 18.3 Å². The molecule has 2 rings (SSSR count). The number of sulfonamides is 1. The van der Waals surface area contributed by atoms with Gasteiger partial charge in [-0.3, -0.25) is 0 Å². The average Bonchev–Trinajstić information content (AvgIpc) is 2.91. The van der Waals surface area contributed by atoms with E-state index in [2.05, 4.69) is 20.8 Å². The summed E-state index contributed by atoms with van der Waals surface area (Å²) in [5.74, 6) is -0.608. The summed E-state index contributed by atoms with van der Waals surface area (Å²) in [6.07, 6.45) is 3.10. The van der Waals surface area contributed by atoms with Gasteiger partial charge in [-0.15, -0.1) is 0 Å². The Morgan fingerprint density at radius 1 is 1.30 bits per heavy atom. The topological polar surface area (TPSA) is 79.6 Å². The van der Waals surface area contributed by atoms with E-state index in [1.807, 2.05) is 0 Å². The SMILES string of the molecule is CCn1cc(S(=O)(=O)N2CCC(C(C)(C)C)CC2)cc1C(=O)O. The summed E-state index contributed by atoms with van der Waals surface area (Å²) in [4.78, 5) is 11.3. The van der Waals surface area contributed by atoms with Crippen LogP contribution in [0.15, 0.2) is 17.2 Å². The van der Waals surface area contributed by atoms with E-state index in [1.54, 1.807) is 6.92 Å². The maximum Gasteiger partial charge on any atom is 0.352 e. The third kappa shape index (κ3) is 3.61. The first-order valence-corrected chi connectivity index (χ1v) is 9.45. The fraction of sp³-hybridized carbons (Fsp3) is 0.688. The van der Waals surface area contributed by atoms with Gasteiger partial charge in [-0.2, -0.15) is 4.31 Å². The van der Waals surface area contributed by atoms with Crippen LogP contribution in [0.2, 0.25) is 0 Å². The molecule has 0 bridgehead atoms. The Hall–Kier alpha value is -1.34. The van der Waals surface area contributed by atoms with Crippen molar-refractivity contribution in [3.05, 3.63) is 18.0 Å². The van der Waals surface area contributed by atoms with Crippen LogP contribution in [0.25, 0.3) is 0 Å². The van der Waals surface area contributed by atoms with Crippen molar-refractivity contribution < 1.29 is 18.3 Å². The van der Waals surface area contributed by atoms with Gasteiger partial charge in [0, 0.05) is 25.8 Å². The minimum absolute atomic E-state index is 0.00986. The highest BCUT2D eigenvalue weighted by Crippen LogP contribution is 2.35. The van der Waals surface area contributed by atoms with Crippen molar-refractivity contribution in [2.24, 2.45) is 11.3 Å². The Bertz CT molecular complexity index is 677. The number of carbonyl (C=O) groups is 1. The molecule has 2 heterocycles. The van der Waals surface area contributed by atoms with Gasteiger partial charge in [0.15, 0.2) is 0 Å². The van der Waals surface area contributed by atoms with Crippen LogP contribution in [0, 0.1) is 11.3 Å². The maximum atomic E-state index is 12.8. The molecule has 1 saturated heterocycles. The highest BCUT2D eigenvalue weighted by molar-refractivity contribution is 7.89. The quantitative estimate of drug-likeness (QED) is 0.912. The molecule has 0 unspecified atom stereocenters. The molecule has 0 aromatic carbocycles. The van der Waals surface area contributed by atoms with E-state index in [1.165, 1.54) is 21.1 Å². The van der Waals surface area contributed by atoms with Crippen LogP contribution in [0.4, 0.5) is 0 Å². The largest absolute Gasteiger partial charge is 0.477 e. The number of carboxylic acids is 1. The van der Waals surface area contributed by atoms with Crippen molar-refractivity contribution in [1.82, 2.24) is 8.87 Å². The summed E-state index contributed by atoms with van der Waals surface area (Å²) in [5, 5.41) is 9.18. The minimum atomic E-state index is -3.63. The molecule has 0 atom stereocenters. The summed E-state index contributed by atoms with van der Waals surface area (Å²) >= 11 is 0. The third-order valence-corrected chi connectivity index (χ3v) is 6.61. The van der Waals surface area contributed by atoms with Gasteiger partial charge < -0.3 is 9.67 Å². The first kappa shape index (κ1) is 18.0. The van der Waals surface area contributed by atoms with Gasteiger partial charge in [0.2, 0.25) is 10.0 Å². The standard InChI is InChI=1S/C16H26N2O4S/c1-5-17-11-13(10-14(17)15(19)20)23(21,22)18-8-6-12(7-9-18)16(2,3)4/h10-12H,5-9H2,1-4H3,(H,19,20). The van der Waals surface area contributed by atoms with E-state index in [-0.39, 0.29) is 16.0 Å². The zero-order chi connectivity index (χ0) is 17.4. The van der Waals surface area contributed by atoms with Crippen molar-refractivity contribution >= 4 is 16.0 Å². The van der Waals surface area contributed by atoms with Crippen LogP contribution in [0.1, 0.15) is 51.0 Å².